The number of aromatic nitrogens is 4. The molecule has 17 heteroatoms. The number of hydrogen-bond acceptors (Lipinski definition) is 7. The van der Waals surface area contributed by atoms with E-state index in [0.29, 0.717) is 39.0 Å². The minimum Gasteiger partial charge on any atom is -0.396 e. The maximum Gasteiger partial charge on any atom is 0.435 e. The van der Waals surface area contributed by atoms with Gasteiger partial charge in [-0.1, -0.05) is 11.6 Å². The SMILES string of the molecule is Cn1c(-c2cn(CC3(CO)CC(C)(Cl)C3)nc2C(F)(F)F)cnc1C(=O)Nc1ccc(C(=O)N2CCN(C(=O)C3CCNCC3)CC2)c(Cl)c1. The van der Waals surface area contributed by atoms with E-state index in [4.69, 9.17) is 23.2 Å². The van der Waals surface area contributed by atoms with Crippen LogP contribution in [0.25, 0.3) is 11.3 Å². The first-order chi connectivity index (χ1) is 23.6. The van der Waals surface area contributed by atoms with E-state index >= 15 is 0 Å². The van der Waals surface area contributed by atoms with Crippen molar-refractivity contribution in [3.05, 3.63) is 52.7 Å². The summed E-state index contributed by atoms with van der Waals surface area (Å²) in [6, 6.07) is 4.42. The van der Waals surface area contributed by atoms with Crippen LogP contribution >= 0.6 is 23.2 Å². The number of aliphatic hydroxyl groups is 1. The second-order valence-corrected chi connectivity index (χ2v) is 15.1. The molecule has 2 saturated heterocycles. The van der Waals surface area contributed by atoms with Gasteiger partial charge < -0.3 is 30.1 Å². The van der Waals surface area contributed by atoms with E-state index in [1.807, 2.05) is 11.8 Å². The highest BCUT2D eigenvalue weighted by molar-refractivity contribution is 6.34. The molecule has 50 heavy (non-hydrogen) atoms. The number of piperidine rings is 1. The number of rotatable bonds is 8. The number of anilines is 1. The zero-order chi connectivity index (χ0) is 36.0. The van der Waals surface area contributed by atoms with E-state index in [9.17, 15) is 32.7 Å². The van der Waals surface area contributed by atoms with E-state index in [0.717, 1.165) is 30.6 Å². The Kier molecular flexibility index (Phi) is 9.98. The van der Waals surface area contributed by atoms with E-state index in [1.165, 1.54) is 42.2 Å². The molecule has 0 unspecified atom stereocenters. The lowest BCUT2D eigenvalue weighted by Gasteiger charge is -2.50. The first-order valence-electron chi connectivity index (χ1n) is 16.5. The number of nitrogens with zero attached hydrogens (tertiary/aromatic N) is 6. The van der Waals surface area contributed by atoms with Gasteiger partial charge >= 0.3 is 6.18 Å². The number of benzene rings is 1. The number of nitrogens with one attached hydrogen (secondary N) is 2. The molecule has 270 valence electrons. The molecule has 0 spiro atoms. The fraction of sp³-hybridized carbons (Fsp3) is 0.545. The molecule has 6 rings (SSSR count). The molecule has 2 aromatic heterocycles. The van der Waals surface area contributed by atoms with Crippen LogP contribution in [-0.4, -0.2) is 103 Å². The highest BCUT2D eigenvalue weighted by atomic mass is 35.5. The lowest BCUT2D eigenvalue weighted by Crippen LogP contribution is -2.52. The number of halogens is 5. The third-order valence-corrected chi connectivity index (χ3v) is 10.4. The van der Waals surface area contributed by atoms with Crippen LogP contribution in [0.2, 0.25) is 5.02 Å². The molecule has 3 N–H and O–H groups in total. The van der Waals surface area contributed by atoms with Gasteiger partial charge in [-0.3, -0.25) is 19.1 Å². The Morgan fingerprint density at radius 3 is 2.36 bits per heavy atom. The number of alkyl halides is 4. The molecule has 0 bridgehead atoms. The van der Waals surface area contributed by atoms with Crippen LogP contribution < -0.4 is 10.6 Å². The molecular weight excluding hydrogens is 700 g/mol. The van der Waals surface area contributed by atoms with Crippen molar-refractivity contribution < 1.29 is 32.7 Å². The van der Waals surface area contributed by atoms with Crippen molar-refractivity contribution in [3.63, 3.8) is 0 Å². The summed E-state index contributed by atoms with van der Waals surface area (Å²) in [5, 5.41) is 19.8. The Hall–Kier alpha value is -3.66. The molecule has 0 radical (unpaired) electrons. The number of carbonyl (C=O) groups is 3. The van der Waals surface area contributed by atoms with Crippen molar-refractivity contribution in [2.75, 3.05) is 51.2 Å². The van der Waals surface area contributed by atoms with E-state index < -0.39 is 28.1 Å². The Morgan fingerprint density at radius 2 is 1.76 bits per heavy atom. The van der Waals surface area contributed by atoms with Crippen molar-refractivity contribution in [1.29, 1.82) is 0 Å². The van der Waals surface area contributed by atoms with E-state index in [-0.39, 0.29) is 64.2 Å². The summed E-state index contributed by atoms with van der Waals surface area (Å²) in [6.45, 7) is 4.86. The van der Waals surface area contributed by atoms with Crippen LogP contribution in [0, 0.1) is 11.3 Å². The summed E-state index contributed by atoms with van der Waals surface area (Å²) in [4.78, 5) is 46.5. The van der Waals surface area contributed by atoms with Crippen LogP contribution in [0.1, 0.15) is 59.3 Å². The molecule has 3 aliphatic rings. The third-order valence-electron chi connectivity index (χ3n) is 9.84. The number of imidazole rings is 1. The Bertz CT molecular complexity index is 1770. The molecule has 3 fully saturated rings. The lowest BCUT2D eigenvalue weighted by molar-refractivity contribution is -0.141. The minimum absolute atomic E-state index is 0.00962. The van der Waals surface area contributed by atoms with Crippen LogP contribution in [0.4, 0.5) is 18.9 Å². The second-order valence-electron chi connectivity index (χ2n) is 13.8. The number of carbonyl (C=O) groups excluding carboxylic acids is 3. The van der Waals surface area contributed by atoms with Gasteiger partial charge in [-0.25, -0.2) is 4.98 Å². The Labute approximate surface area is 296 Å². The Balaban J connectivity index is 1.12. The second kappa shape index (κ2) is 13.8. The van der Waals surface area contributed by atoms with Crippen molar-refractivity contribution in [2.45, 2.75) is 50.2 Å². The summed E-state index contributed by atoms with van der Waals surface area (Å²) in [5.41, 5.74) is -1.60. The first-order valence-corrected chi connectivity index (χ1v) is 17.2. The molecule has 3 amide bonds. The summed E-state index contributed by atoms with van der Waals surface area (Å²) in [6.07, 6.45) is 0.0673. The summed E-state index contributed by atoms with van der Waals surface area (Å²) >= 11 is 12.8. The van der Waals surface area contributed by atoms with Crippen LogP contribution in [0.5, 0.6) is 0 Å². The summed E-state index contributed by atoms with van der Waals surface area (Å²) in [5.74, 6) is -1.03. The van der Waals surface area contributed by atoms with Crippen LogP contribution in [-0.2, 0) is 24.6 Å². The topological polar surface area (TPSA) is 138 Å². The van der Waals surface area contributed by atoms with Gasteiger partial charge in [-0.05, 0) is 63.9 Å². The van der Waals surface area contributed by atoms with Gasteiger partial charge in [0.05, 0.1) is 34.6 Å². The highest BCUT2D eigenvalue weighted by Crippen LogP contribution is 2.53. The Morgan fingerprint density at radius 1 is 1.10 bits per heavy atom. The van der Waals surface area contributed by atoms with E-state index in [2.05, 4.69) is 20.7 Å². The normalized spacial score (nSPS) is 23.1. The van der Waals surface area contributed by atoms with Crippen LogP contribution in [0.3, 0.4) is 0 Å². The first kappa shape index (κ1) is 36.1. The smallest absolute Gasteiger partial charge is 0.396 e. The standard InChI is InChI=1S/C33H39Cl2F3N8O4/c1-31(35)16-32(17-31,19-47)18-46-15-23(26(42-46)33(36,37)38)25-14-40-27(43(25)2)28(48)41-21-3-4-22(24(34)13-21)30(50)45-11-9-44(10-12-45)29(49)20-5-7-39-8-6-20/h3-4,13-15,20,39,47H,5-12,16-19H2,1-2H3,(H,41,48). The molecule has 2 aliphatic heterocycles. The molecule has 1 aliphatic carbocycles. The number of amides is 3. The molecule has 4 heterocycles. The predicted molar refractivity (Wildman–Crippen MR) is 180 cm³/mol. The van der Waals surface area contributed by atoms with Crippen molar-refractivity contribution in [2.24, 2.45) is 18.4 Å². The van der Waals surface area contributed by atoms with Crippen molar-refractivity contribution in [1.82, 2.24) is 34.4 Å². The van der Waals surface area contributed by atoms with Gasteiger partial charge in [0, 0.05) is 67.9 Å². The van der Waals surface area contributed by atoms with Gasteiger partial charge in [0.1, 0.15) is 0 Å². The molecular formula is C33H39Cl2F3N8O4. The zero-order valence-corrected chi connectivity index (χ0v) is 29.2. The maximum absolute atomic E-state index is 14.1. The zero-order valence-electron chi connectivity index (χ0n) is 27.7. The van der Waals surface area contributed by atoms with Gasteiger partial charge in [-0.2, -0.15) is 18.3 Å². The van der Waals surface area contributed by atoms with Crippen molar-refractivity contribution in [3.8, 4) is 11.3 Å². The highest BCUT2D eigenvalue weighted by Gasteiger charge is 2.51. The van der Waals surface area contributed by atoms with Crippen LogP contribution in [0.15, 0.2) is 30.6 Å². The minimum atomic E-state index is -4.80. The van der Waals surface area contributed by atoms with Gasteiger partial charge in [0.25, 0.3) is 11.8 Å². The van der Waals surface area contributed by atoms with Gasteiger partial charge in [0.2, 0.25) is 5.91 Å². The average Bonchev–Trinajstić information content (AvgIpc) is 3.67. The predicted octanol–water partition coefficient (Wildman–Crippen LogP) is 4.26. The summed E-state index contributed by atoms with van der Waals surface area (Å²) < 4.78 is 44.8. The number of piperazine rings is 1. The van der Waals surface area contributed by atoms with Gasteiger partial charge in [0.15, 0.2) is 11.5 Å². The maximum atomic E-state index is 14.1. The molecule has 1 aromatic carbocycles. The quantitative estimate of drug-likeness (QED) is 0.294. The molecule has 1 saturated carbocycles. The third kappa shape index (κ3) is 7.37. The molecule has 3 aromatic rings. The summed E-state index contributed by atoms with van der Waals surface area (Å²) in [7, 11) is 1.42. The fourth-order valence-electron chi connectivity index (χ4n) is 7.48. The van der Waals surface area contributed by atoms with Gasteiger partial charge in [-0.15, -0.1) is 11.6 Å². The molecule has 0 atom stereocenters. The monoisotopic (exact) mass is 738 g/mol. The van der Waals surface area contributed by atoms with E-state index in [1.54, 1.807) is 4.90 Å². The van der Waals surface area contributed by atoms with Crippen molar-refractivity contribution >= 4 is 46.6 Å². The number of aliphatic hydroxyl groups excluding tert-OH is 1. The fourth-order valence-corrected chi connectivity index (χ4v) is 8.31. The molecule has 12 nitrogen and oxygen atoms in total. The largest absolute Gasteiger partial charge is 0.435 e. The lowest BCUT2D eigenvalue weighted by atomic mass is 9.62. The number of hydrogen-bond donors (Lipinski definition) is 3. The average molecular weight is 740 g/mol.